The van der Waals surface area contributed by atoms with Crippen LogP contribution >= 0.6 is 0 Å². The Bertz CT molecular complexity index is 455. The van der Waals surface area contributed by atoms with Crippen LogP contribution in [-0.4, -0.2) is 0 Å². The lowest BCUT2D eigenvalue weighted by Gasteiger charge is -2.29. The molecule has 0 heterocycles. The second-order valence-corrected chi connectivity index (χ2v) is 7.12. The Labute approximate surface area is 126 Å². The van der Waals surface area contributed by atoms with E-state index in [0.29, 0.717) is 5.92 Å². The van der Waals surface area contributed by atoms with Gasteiger partial charge in [0.15, 0.2) is 11.6 Å². The van der Waals surface area contributed by atoms with Gasteiger partial charge >= 0.3 is 0 Å². The van der Waals surface area contributed by atoms with Crippen LogP contribution in [0.2, 0.25) is 0 Å². The lowest BCUT2D eigenvalue weighted by molar-refractivity contribution is 0.287. The molecule has 0 N–H and O–H groups in total. The van der Waals surface area contributed by atoms with Crippen LogP contribution in [-0.2, 0) is 0 Å². The minimum Gasteiger partial charge on any atom is -0.204 e. The molecule has 2 aliphatic rings. The highest BCUT2D eigenvalue weighted by Crippen LogP contribution is 2.39. The molecule has 2 aliphatic carbocycles. The normalized spacial score (nSPS) is 27.1. The van der Waals surface area contributed by atoms with Gasteiger partial charge in [0.1, 0.15) is 0 Å². The van der Waals surface area contributed by atoms with E-state index in [4.69, 9.17) is 0 Å². The van der Waals surface area contributed by atoms with Gasteiger partial charge in [-0.2, -0.15) is 0 Å². The van der Waals surface area contributed by atoms with Gasteiger partial charge in [-0.3, -0.25) is 0 Å². The molecule has 0 amide bonds. The standard InChI is InChI=1S/C19H26F2/c20-18-12-11-17(13-19(18)21)16-9-7-15(8-10-16)6-5-14-3-1-2-4-14/h11-16H,1-10H2/t15-,16-. The minimum atomic E-state index is -0.732. The SMILES string of the molecule is Fc1ccc([C@H]2CC[C@H](CCC3CCCC3)CC2)cc1F. The smallest absolute Gasteiger partial charge is 0.159 e. The van der Waals surface area contributed by atoms with Crippen LogP contribution in [0.4, 0.5) is 8.78 Å². The first-order valence-electron chi connectivity index (χ1n) is 8.67. The van der Waals surface area contributed by atoms with Crippen molar-refractivity contribution < 1.29 is 8.78 Å². The molecule has 0 bridgehead atoms. The monoisotopic (exact) mass is 292 g/mol. The molecule has 2 saturated carbocycles. The summed E-state index contributed by atoms with van der Waals surface area (Å²) in [7, 11) is 0. The first-order valence-corrected chi connectivity index (χ1v) is 8.67. The summed E-state index contributed by atoms with van der Waals surface area (Å²) in [6.45, 7) is 0. The molecule has 0 saturated heterocycles. The molecule has 0 radical (unpaired) electrons. The molecule has 0 aromatic heterocycles. The Kier molecular flexibility index (Phi) is 4.92. The van der Waals surface area contributed by atoms with Crippen molar-refractivity contribution in [1.82, 2.24) is 0 Å². The van der Waals surface area contributed by atoms with E-state index in [9.17, 15) is 8.78 Å². The molecule has 0 spiro atoms. The Morgan fingerprint density at radius 2 is 1.38 bits per heavy atom. The fourth-order valence-corrected chi connectivity index (χ4v) is 4.32. The summed E-state index contributed by atoms with van der Waals surface area (Å²) in [6.07, 6.45) is 13.4. The highest BCUT2D eigenvalue weighted by Gasteiger charge is 2.24. The van der Waals surface area contributed by atoms with Gasteiger partial charge in [-0.05, 0) is 61.1 Å². The van der Waals surface area contributed by atoms with E-state index in [1.807, 2.05) is 0 Å². The topological polar surface area (TPSA) is 0 Å². The molecule has 0 aliphatic heterocycles. The molecule has 116 valence electrons. The van der Waals surface area contributed by atoms with Crippen molar-refractivity contribution in [1.29, 1.82) is 0 Å². The highest BCUT2D eigenvalue weighted by atomic mass is 19.2. The van der Waals surface area contributed by atoms with Gasteiger partial charge in [-0.25, -0.2) is 8.78 Å². The Morgan fingerprint density at radius 1 is 0.762 bits per heavy atom. The zero-order chi connectivity index (χ0) is 14.7. The molecule has 2 heteroatoms. The van der Waals surface area contributed by atoms with E-state index in [1.54, 1.807) is 6.07 Å². The van der Waals surface area contributed by atoms with Crippen molar-refractivity contribution in [3.05, 3.63) is 35.4 Å². The first kappa shape index (κ1) is 15.0. The van der Waals surface area contributed by atoms with Crippen molar-refractivity contribution in [2.24, 2.45) is 11.8 Å². The van der Waals surface area contributed by atoms with Crippen LogP contribution in [0.15, 0.2) is 18.2 Å². The van der Waals surface area contributed by atoms with Crippen LogP contribution in [0.5, 0.6) is 0 Å². The second kappa shape index (κ2) is 6.89. The third-order valence-corrected chi connectivity index (χ3v) is 5.72. The molecule has 3 rings (SSSR count). The van der Waals surface area contributed by atoms with Crippen LogP contribution in [0.25, 0.3) is 0 Å². The van der Waals surface area contributed by atoms with Crippen LogP contribution in [0, 0.1) is 23.5 Å². The van der Waals surface area contributed by atoms with E-state index in [-0.39, 0.29) is 0 Å². The zero-order valence-electron chi connectivity index (χ0n) is 12.8. The Balaban J connectivity index is 1.46. The average molecular weight is 292 g/mol. The van der Waals surface area contributed by atoms with Crippen LogP contribution in [0.1, 0.15) is 75.7 Å². The molecular weight excluding hydrogens is 266 g/mol. The maximum Gasteiger partial charge on any atom is 0.159 e. The third-order valence-electron chi connectivity index (χ3n) is 5.72. The van der Waals surface area contributed by atoms with Crippen molar-refractivity contribution in [3.8, 4) is 0 Å². The van der Waals surface area contributed by atoms with Crippen molar-refractivity contribution in [2.75, 3.05) is 0 Å². The van der Waals surface area contributed by atoms with E-state index in [2.05, 4.69) is 0 Å². The van der Waals surface area contributed by atoms with Crippen molar-refractivity contribution in [2.45, 2.75) is 70.1 Å². The van der Waals surface area contributed by atoms with E-state index < -0.39 is 11.6 Å². The molecule has 1 aromatic rings. The summed E-state index contributed by atoms with van der Waals surface area (Å²) in [5.74, 6) is 0.865. The fraction of sp³-hybridized carbons (Fsp3) is 0.684. The number of halogens is 2. The fourth-order valence-electron chi connectivity index (χ4n) is 4.32. The maximum absolute atomic E-state index is 13.3. The summed E-state index contributed by atoms with van der Waals surface area (Å²) in [5.41, 5.74) is 0.989. The molecule has 0 nitrogen and oxygen atoms in total. The first-order chi connectivity index (χ1) is 10.2. The van der Waals surface area contributed by atoms with Crippen LogP contribution in [0.3, 0.4) is 0 Å². The predicted molar refractivity (Wildman–Crippen MR) is 82.2 cm³/mol. The number of hydrogen-bond donors (Lipinski definition) is 0. The van der Waals surface area contributed by atoms with E-state index in [0.717, 1.165) is 30.2 Å². The Hall–Kier alpha value is -0.920. The van der Waals surface area contributed by atoms with Crippen LogP contribution < -0.4 is 0 Å². The molecule has 2 fully saturated rings. The largest absolute Gasteiger partial charge is 0.204 e. The van der Waals surface area contributed by atoms with E-state index >= 15 is 0 Å². The van der Waals surface area contributed by atoms with Gasteiger partial charge in [0, 0.05) is 0 Å². The van der Waals surface area contributed by atoms with Gasteiger partial charge in [-0.15, -0.1) is 0 Å². The van der Waals surface area contributed by atoms with Gasteiger partial charge in [0.05, 0.1) is 0 Å². The predicted octanol–water partition coefficient (Wildman–Crippen LogP) is 6.21. The van der Waals surface area contributed by atoms with Crippen molar-refractivity contribution >= 4 is 0 Å². The molecule has 0 unspecified atom stereocenters. The molecule has 21 heavy (non-hydrogen) atoms. The summed E-state index contributed by atoms with van der Waals surface area (Å²) < 4.78 is 26.3. The van der Waals surface area contributed by atoms with Crippen molar-refractivity contribution in [3.63, 3.8) is 0 Å². The van der Waals surface area contributed by atoms with Gasteiger partial charge in [0.2, 0.25) is 0 Å². The number of rotatable bonds is 4. The summed E-state index contributed by atoms with van der Waals surface area (Å²) >= 11 is 0. The summed E-state index contributed by atoms with van der Waals surface area (Å²) in [5, 5.41) is 0. The zero-order valence-corrected chi connectivity index (χ0v) is 12.8. The second-order valence-electron chi connectivity index (χ2n) is 7.12. The average Bonchev–Trinajstić information content (AvgIpc) is 3.02. The molecular formula is C19H26F2. The van der Waals surface area contributed by atoms with E-state index in [1.165, 1.54) is 63.5 Å². The van der Waals surface area contributed by atoms with Gasteiger partial charge < -0.3 is 0 Å². The summed E-state index contributed by atoms with van der Waals surface area (Å²) in [4.78, 5) is 0. The van der Waals surface area contributed by atoms with Gasteiger partial charge in [0.25, 0.3) is 0 Å². The molecule has 0 atom stereocenters. The highest BCUT2D eigenvalue weighted by molar-refractivity contribution is 5.22. The number of hydrogen-bond acceptors (Lipinski definition) is 0. The van der Waals surface area contributed by atoms with Gasteiger partial charge in [-0.1, -0.05) is 44.6 Å². The maximum atomic E-state index is 13.3. The Morgan fingerprint density at radius 3 is 2.00 bits per heavy atom. The lowest BCUT2D eigenvalue weighted by atomic mass is 9.76. The third kappa shape index (κ3) is 3.84. The lowest BCUT2D eigenvalue weighted by Crippen LogP contribution is -2.14. The minimum absolute atomic E-state index is 0.433. The summed E-state index contributed by atoms with van der Waals surface area (Å²) in [6, 6.07) is 4.44. The quantitative estimate of drug-likeness (QED) is 0.619. The number of benzene rings is 1. The molecule has 1 aromatic carbocycles.